The number of aryl methyl sites for hydroxylation is 1. The van der Waals surface area contributed by atoms with Gasteiger partial charge in [0.15, 0.2) is 0 Å². The van der Waals surface area contributed by atoms with E-state index in [0.717, 1.165) is 44.9 Å². The summed E-state index contributed by atoms with van der Waals surface area (Å²) in [4.78, 5) is 29.7. The fourth-order valence-corrected chi connectivity index (χ4v) is 4.79. The summed E-state index contributed by atoms with van der Waals surface area (Å²) in [5.74, 6) is 0.0859. The predicted octanol–water partition coefficient (Wildman–Crippen LogP) is 2.30. The first-order chi connectivity index (χ1) is 12.7. The molecule has 2 heterocycles. The Hall–Kier alpha value is -2.35. The van der Waals surface area contributed by atoms with Gasteiger partial charge >= 0.3 is 0 Å². The van der Waals surface area contributed by atoms with Crippen LogP contribution in [0, 0.1) is 17.2 Å². The highest BCUT2D eigenvalue weighted by Crippen LogP contribution is 2.30. The second-order valence-electron chi connectivity index (χ2n) is 7.72. The van der Waals surface area contributed by atoms with Crippen LogP contribution >= 0.6 is 0 Å². The van der Waals surface area contributed by atoms with Gasteiger partial charge in [-0.3, -0.25) is 9.59 Å². The van der Waals surface area contributed by atoms with Gasteiger partial charge in [0.2, 0.25) is 11.8 Å². The van der Waals surface area contributed by atoms with Crippen molar-refractivity contribution in [2.75, 3.05) is 13.1 Å². The van der Waals surface area contributed by atoms with Gasteiger partial charge in [0.1, 0.15) is 12.1 Å². The first kappa shape index (κ1) is 17.1. The maximum absolute atomic E-state index is 13.2. The summed E-state index contributed by atoms with van der Waals surface area (Å²) in [5.41, 5.74) is 2.61. The lowest BCUT2D eigenvalue weighted by Crippen LogP contribution is -2.50. The Kier molecular flexibility index (Phi) is 4.67. The summed E-state index contributed by atoms with van der Waals surface area (Å²) >= 11 is 0. The molecule has 0 N–H and O–H groups in total. The van der Waals surface area contributed by atoms with E-state index in [2.05, 4.69) is 24.3 Å². The van der Waals surface area contributed by atoms with Gasteiger partial charge in [-0.25, -0.2) is 0 Å². The molecule has 0 radical (unpaired) electrons. The highest BCUT2D eigenvalue weighted by atomic mass is 16.2. The maximum Gasteiger partial charge on any atom is 0.246 e. The summed E-state index contributed by atoms with van der Waals surface area (Å²) in [5, 5.41) is 9.28. The van der Waals surface area contributed by atoms with E-state index in [4.69, 9.17) is 0 Å². The van der Waals surface area contributed by atoms with Crippen molar-refractivity contribution in [2.24, 2.45) is 5.92 Å². The Morgan fingerprint density at radius 3 is 2.50 bits per heavy atom. The van der Waals surface area contributed by atoms with Crippen LogP contribution in [0.25, 0.3) is 0 Å². The van der Waals surface area contributed by atoms with Crippen LogP contribution in [0.15, 0.2) is 24.3 Å². The number of amides is 2. The third-order valence-electron chi connectivity index (χ3n) is 6.20. The molecule has 0 spiro atoms. The van der Waals surface area contributed by atoms with E-state index >= 15 is 0 Å². The molecule has 3 atom stereocenters. The summed E-state index contributed by atoms with van der Waals surface area (Å²) in [6.45, 7) is 1.31. The highest BCUT2D eigenvalue weighted by Gasteiger charge is 2.42. The zero-order valence-corrected chi connectivity index (χ0v) is 15.1. The second kappa shape index (κ2) is 7.11. The zero-order valence-electron chi connectivity index (χ0n) is 15.1. The molecule has 5 heteroatoms. The topological polar surface area (TPSA) is 64.4 Å². The molecular weight excluding hydrogens is 326 g/mol. The van der Waals surface area contributed by atoms with Crippen LogP contribution in [-0.4, -0.2) is 46.8 Å². The fraction of sp³-hybridized carbons (Fsp3) is 0.571. The Bertz CT molecular complexity index is 754. The minimum absolute atomic E-state index is 0.0175. The smallest absolute Gasteiger partial charge is 0.246 e. The molecule has 2 saturated heterocycles. The SMILES string of the molecule is N#C[C@@H]1CCCN1C(=O)[C@H]1CCCN1C(=O)[C@@H]1CCc2ccccc2C1. The van der Waals surface area contributed by atoms with Crippen molar-refractivity contribution in [3.8, 4) is 6.07 Å². The van der Waals surface area contributed by atoms with Crippen molar-refractivity contribution in [2.45, 2.75) is 57.0 Å². The number of carbonyl (C=O) groups excluding carboxylic acids is 2. The van der Waals surface area contributed by atoms with E-state index in [1.807, 2.05) is 11.0 Å². The number of likely N-dealkylation sites (tertiary alicyclic amines) is 2. The number of carbonyl (C=O) groups is 2. The average molecular weight is 351 g/mol. The highest BCUT2D eigenvalue weighted by molar-refractivity contribution is 5.90. The molecule has 0 bridgehead atoms. The van der Waals surface area contributed by atoms with E-state index in [0.29, 0.717) is 13.1 Å². The first-order valence-corrected chi connectivity index (χ1v) is 9.76. The number of fused-ring (bicyclic) bond motifs is 1. The van der Waals surface area contributed by atoms with E-state index < -0.39 is 0 Å². The minimum Gasteiger partial charge on any atom is -0.330 e. The van der Waals surface area contributed by atoms with Gasteiger partial charge in [0.05, 0.1) is 6.07 Å². The molecule has 3 aliphatic rings. The maximum atomic E-state index is 13.2. The second-order valence-corrected chi connectivity index (χ2v) is 7.72. The largest absolute Gasteiger partial charge is 0.330 e. The van der Waals surface area contributed by atoms with Crippen LogP contribution in [0.5, 0.6) is 0 Å². The molecule has 0 unspecified atom stereocenters. The number of nitrogens with zero attached hydrogens (tertiary/aromatic N) is 3. The van der Waals surface area contributed by atoms with E-state index in [9.17, 15) is 14.9 Å². The molecule has 1 aliphatic carbocycles. The Labute approximate surface area is 154 Å². The molecule has 2 fully saturated rings. The summed E-state index contributed by atoms with van der Waals surface area (Å²) < 4.78 is 0. The number of hydrogen-bond acceptors (Lipinski definition) is 3. The summed E-state index contributed by atoms with van der Waals surface area (Å²) in [6.07, 6.45) is 5.79. The standard InChI is InChI=1S/C21H25N3O2/c22-14-18-7-3-11-23(18)21(26)19-8-4-12-24(19)20(25)17-10-9-15-5-1-2-6-16(15)13-17/h1-2,5-6,17-19H,3-4,7-13H2/t17-,18+,19-/m1/s1. The van der Waals surface area contributed by atoms with Crippen molar-refractivity contribution in [1.82, 2.24) is 9.80 Å². The van der Waals surface area contributed by atoms with Crippen LogP contribution in [0.2, 0.25) is 0 Å². The zero-order chi connectivity index (χ0) is 18.1. The normalized spacial score (nSPS) is 27.9. The predicted molar refractivity (Wildman–Crippen MR) is 97.0 cm³/mol. The molecule has 1 aromatic carbocycles. The number of hydrogen-bond donors (Lipinski definition) is 0. The number of rotatable bonds is 2. The molecule has 0 aromatic heterocycles. The van der Waals surface area contributed by atoms with Crippen LogP contribution in [0.3, 0.4) is 0 Å². The van der Waals surface area contributed by atoms with Crippen molar-refractivity contribution in [3.63, 3.8) is 0 Å². The van der Waals surface area contributed by atoms with Crippen molar-refractivity contribution < 1.29 is 9.59 Å². The van der Waals surface area contributed by atoms with Gasteiger partial charge in [0, 0.05) is 19.0 Å². The van der Waals surface area contributed by atoms with Gasteiger partial charge in [0.25, 0.3) is 0 Å². The fourth-order valence-electron chi connectivity index (χ4n) is 4.79. The van der Waals surface area contributed by atoms with Gasteiger partial charge < -0.3 is 9.80 Å². The molecule has 2 amide bonds. The molecule has 26 heavy (non-hydrogen) atoms. The van der Waals surface area contributed by atoms with Crippen molar-refractivity contribution in [3.05, 3.63) is 35.4 Å². The lowest BCUT2D eigenvalue weighted by atomic mass is 9.83. The number of benzene rings is 1. The molecule has 0 saturated carbocycles. The van der Waals surface area contributed by atoms with Crippen LogP contribution in [0.4, 0.5) is 0 Å². The average Bonchev–Trinajstić information content (AvgIpc) is 3.35. The molecule has 5 nitrogen and oxygen atoms in total. The molecule has 136 valence electrons. The monoisotopic (exact) mass is 351 g/mol. The van der Waals surface area contributed by atoms with E-state index in [1.165, 1.54) is 11.1 Å². The lowest BCUT2D eigenvalue weighted by Gasteiger charge is -2.33. The third-order valence-corrected chi connectivity index (χ3v) is 6.20. The van der Waals surface area contributed by atoms with E-state index in [-0.39, 0.29) is 29.8 Å². The van der Waals surface area contributed by atoms with Crippen LogP contribution in [-0.2, 0) is 22.4 Å². The molecule has 1 aromatic rings. The Morgan fingerprint density at radius 2 is 1.69 bits per heavy atom. The first-order valence-electron chi connectivity index (χ1n) is 9.76. The minimum atomic E-state index is -0.367. The molecule has 2 aliphatic heterocycles. The molecular formula is C21H25N3O2. The Morgan fingerprint density at radius 1 is 0.962 bits per heavy atom. The van der Waals surface area contributed by atoms with Crippen molar-refractivity contribution >= 4 is 11.8 Å². The lowest BCUT2D eigenvalue weighted by molar-refractivity contribution is -0.146. The van der Waals surface area contributed by atoms with Crippen molar-refractivity contribution in [1.29, 1.82) is 5.26 Å². The van der Waals surface area contributed by atoms with Crippen LogP contribution in [0.1, 0.15) is 43.2 Å². The number of nitriles is 1. The van der Waals surface area contributed by atoms with Gasteiger partial charge in [-0.2, -0.15) is 5.26 Å². The molecule has 4 rings (SSSR count). The third kappa shape index (κ3) is 2.98. The summed E-state index contributed by atoms with van der Waals surface area (Å²) in [6, 6.07) is 9.90. The van der Waals surface area contributed by atoms with E-state index in [1.54, 1.807) is 4.90 Å². The van der Waals surface area contributed by atoms with Gasteiger partial charge in [-0.15, -0.1) is 0 Å². The Balaban J connectivity index is 1.47. The van der Waals surface area contributed by atoms with Crippen LogP contribution < -0.4 is 0 Å². The van der Waals surface area contributed by atoms with Gasteiger partial charge in [-0.1, -0.05) is 24.3 Å². The van der Waals surface area contributed by atoms with Gasteiger partial charge in [-0.05, 0) is 56.1 Å². The summed E-state index contributed by atoms with van der Waals surface area (Å²) in [7, 11) is 0. The quantitative estimate of drug-likeness (QED) is 0.821.